The highest BCUT2D eigenvalue weighted by molar-refractivity contribution is 5.74. The lowest BCUT2D eigenvalue weighted by Gasteiger charge is -2.14. The first-order valence-electron chi connectivity index (χ1n) is 4.07. The normalized spacial score (nSPS) is 14.8. The quantitative estimate of drug-likeness (QED) is 0.554. The number of pyridine rings is 1. The number of hydrogen-bond acceptors (Lipinski definition) is 5. The summed E-state index contributed by atoms with van der Waals surface area (Å²) in [6.45, 7) is -0.561. The van der Waals surface area contributed by atoms with Gasteiger partial charge in [-0.05, 0) is 12.1 Å². The molecule has 0 aliphatic heterocycles. The van der Waals surface area contributed by atoms with E-state index in [0.29, 0.717) is 11.8 Å². The van der Waals surface area contributed by atoms with Crippen molar-refractivity contribution in [2.45, 2.75) is 12.2 Å². The zero-order chi connectivity index (χ0) is 10.6. The van der Waals surface area contributed by atoms with Crippen LogP contribution in [0.15, 0.2) is 18.3 Å². The Kier molecular flexibility index (Phi) is 3.70. The summed E-state index contributed by atoms with van der Waals surface area (Å²) in [4.78, 5) is 14.2. The first kappa shape index (κ1) is 10.8. The molecule has 0 bridgehead atoms. The minimum Gasteiger partial charge on any atom is -0.394 e. The van der Waals surface area contributed by atoms with Gasteiger partial charge < -0.3 is 15.3 Å². The second-order valence-electron chi connectivity index (χ2n) is 2.83. The summed E-state index contributed by atoms with van der Waals surface area (Å²) in [6, 6.07) is 2.84. The first-order chi connectivity index (χ1) is 6.69. The van der Waals surface area contributed by atoms with Gasteiger partial charge in [0.2, 0.25) is 0 Å². The fourth-order valence-corrected chi connectivity index (χ4v) is 0.998. The topological polar surface area (TPSA) is 90.7 Å². The first-order valence-corrected chi connectivity index (χ1v) is 4.07. The van der Waals surface area contributed by atoms with Gasteiger partial charge in [0.05, 0.1) is 12.3 Å². The molecular formula is C9H11NO4. The Morgan fingerprint density at radius 1 is 1.50 bits per heavy atom. The Morgan fingerprint density at radius 2 is 2.21 bits per heavy atom. The summed E-state index contributed by atoms with van der Waals surface area (Å²) in [5, 5.41) is 27.1. The van der Waals surface area contributed by atoms with Gasteiger partial charge >= 0.3 is 0 Å². The standard InChI is InChI=1S/C9H11NO4/c11-4-6-1-2-10-7(3-6)9(14)8(13)5-12/h1-4,8-9,12-14H,5H2. The predicted molar refractivity (Wildman–Crippen MR) is 47.7 cm³/mol. The second-order valence-corrected chi connectivity index (χ2v) is 2.83. The largest absolute Gasteiger partial charge is 0.394 e. The maximum atomic E-state index is 10.4. The second kappa shape index (κ2) is 4.80. The van der Waals surface area contributed by atoms with Gasteiger partial charge in [-0.3, -0.25) is 9.78 Å². The summed E-state index contributed by atoms with van der Waals surface area (Å²) in [5.41, 5.74) is 0.523. The van der Waals surface area contributed by atoms with Crippen molar-refractivity contribution in [1.82, 2.24) is 4.98 Å². The third-order valence-corrected chi connectivity index (χ3v) is 1.80. The smallest absolute Gasteiger partial charge is 0.150 e. The van der Waals surface area contributed by atoms with Crippen molar-refractivity contribution in [3.8, 4) is 0 Å². The molecule has 5 heteroatoms. The third-order valence-electron chi connectivity index (χ3n) is 1.80. The Labute approximate surface area is 80.7 Å². The number of nitrogens with zero attached hydrogens (tertiary/aromatic N) is 1. The molecule has 1 rings (SSSR count). The minimum absolute atomic E-state index is 0.163. The number of rotatable bonds is 4. The molecule has 1 heterocycles. The van der Waals surface area contributed by atoms with Crippen LogP contribution in [0.3, 0.4) is 0 Å². The van der Waals surface area contributed by atoms with E-state index in [1.165, 1.54) is 18.3 Å². The molecule has 0 amide bonds. The highest BCUT2D eigenvalue weighted by Crippen LogP contribution is 2.14. The van der Waals surface area contributed by atoms with Gasteiger partial charge in [-0.1, -0.05) is 0 Å². The van der Waals surface area contributed by atoms with Crippen LogP contribution >= 0.6 is 0 Å². The number of aldehydes is 1. The van der Waals surface area contributed by atoms with Gasteiger partial charge in [0.15, 0.2) is 0 Å². The average Bonchev–Trinajstić information content (AvgIpc) is 2.27. The van der Waals surface area contributed by atoms with Crippen LogP contribution in [0, 0.1) is 0 Å². The summed E-state index contributed by atoms with van der Waals surface area (Å²) < 4.78 is 0. The summed E-state index contributed by atoms with van der Waals surface area (Å²) in [6.07, 6.45) is -0.598. The lowest BCUT2D eigenvalue weighted by molar-refractivity contribution is -0.0173. The van der Waals surface area contributed by atoms with E-state index < -0.39 is 18.8 Å². The lowest BCUT2D eigenvalue weighted by Crippen LogP contribution is -2.22. The van der Waals surface area contributed by atoms with Crippen LogP contribution in [0.2, 0.25) is 0 Å². The number of carbonyl (C=O) groups is 1. The Bertz CT molecular complexity index is 315. The average molecular weight is 197 g/mol. The molecule has 5 nitrogen and oxygen atoms in total. The van der Waals surface area contributed by atoms with E-state index in [-0.39, 0.29) is 5.69 Å². The fourth-order valence-electron chi connectivity index (χ4n) is 0.998. The van der Waals surface area contributed by atoms with E-state index >= 15 is 0 Å². The van der Waals surface area contributed by atoms with Gasteiger partial charge in [-0.15, -0.1) is 0 Å². The zero-order valence-corrected chi connectivity index (χ0v) is 7.37. The van der Waals surface area contributed by atoms with Crippen LogP contribution in [-0.2, 0) is 0 Å². The molecule has 2 atom stereocenters. The zero-order valence-electron chi connectivity index (χ0n) is 7.37. The fraction of sp³-hybridized carbons (Fsp3) is 0.333. The molecular weight excluding hydrogens is 186 g/mol. The van der Waals surface area contributed by atoms with E-state index in [1.54, 1.807) is 0 Å². The molecule has 3 N–H and O–H groups in total. The van der Waals surface area contributed by atoms with Crippen molar-refractivity contribution in [3.63, 3.8) is 0 Å². The molecule has 0 spiro atoms. The maximum absolute atomic E-state index is 10.4. The monoisotopic (exact) mass is 197 g/mol. The van der Waals surface area contributed by atoms with Crippen molar-refractivity contribution in [2.75, 3.05) is 6.61 Å². The van der Waals surface area contributed by atoms with Crippen LogP contribution in [0.25, 0.3) is 0 Å². The Morgan fingerprint density at radius 3 is 2.79 bits per heavy atom. The van der Waals surface area contributed by atoms with Crippen LogP contribution in [0.5, 0.6) is 0 Å². The molecule has 0 aromatic carbocycles. The molecule has 0 aliphatic carbocycles. The van der Waals surface area contributed by atoms with Crippen molar-refractivity contribution in [2.24, 2.45) is 0 Å². The van der Waals surface area contributed by atoms with Crippen LogP contribution in [0.4, 0.5) is 0 Å². The third kappa shape index (κ3) is 2.35. The van der Waals surface area contributed by atoms with Gasteiger partial charge in [0.25, 0.3) is 0 Å². The number of aromatic nitrogens is 1. The molecule has 0 aliphatic rings. The molecule has 1 aromatic heterocycles. The van der Waals surface area contributed by atoms with Gasteiger partial charge in [0, 0.05) is 11.8 Å². The predicted octanol–water partition coefficient (Wildman–Crippen LogP) is -0.719. The maximum Gasteiger partial charge on any atom is 0.150 e. The van der Waals surface area contributed by atoms with E-state index in [0.717, 1.165) is 0 Å². The molecule has 0 fully saturated rings. The van der Waals surface area contributed by atoms with Gasteiger partial charge in [-0.25, -0.2) is 0 Å². The molecule has 2 unspecified atom stereocenters. The molecule has 0 saturated heterocycles. The molecule has 76 valence electrons. The van der Waals surface area contributed by atoms with E-state index in [1.807, 2.05) is 0 Å². The summed E-state index contributed by atoms with van der Waals surface area (Å²) in [5.74, 6) is 0. The Balaban J connectivity index is 2.89. The van der Waals surface area contributed by atoms with Gasteiger partial charge in [-0.2, -0.15) is 0 Å². The summed E-state index contributed by atoms with van der Waals surface area (Å²) in [7, 11) is 0. The molecule has 0 radical (unpaired) electrons. The van der Waals surface area contributed by atoms with Gasteiger partial charge in [0.1, 0.15) is 18.5 Å². The van der Waals surface area contributed by atoms with E-state index in [2.05, 4.69) is 4.98 Å². The van der Waals surface area contributed by atoms with Crippen molar-refractivity contribution >= 4 is 6.29 Å². The van der Waals surface area contributed by atoms with E-state index in [4.69, 9.17) is 10.2 Å². The van der Waals surface area contributed by atoms with E-state index in [9.17, 15) is 9.90 Å². The van der Waals surface area contributed by atoms with Crippen molar-refractivity contribution in [3.05, 3.63) is 29.6 Å². The highest BCUT2D eigenvalue weighted by Gasteiger charge is 2.18. The number of aliphatic hydroxyl groups is 3. The summed E-state index contributed by atoms with van der Waals surface area (Å²) >= 11 is 0. The highest BCUT2D eigenvalue weighted by atomic mass is 16.4. The Hall–Kier alpha value is -1.30. The number of aliphatic hydroxyl groups excluding tert-OH is 3. The lowest BCUT2D eigenvalue weighted by atomic mass is 10.1. The van der Waals surface area contributed by atoms with Crippen LogP contribution < -0.4 is 0 Å². The van der Waals surface area contributed by atoms with Crippen LogP contribution in [0.1, 0.15) is 22.2 Å². The molecule has 1 aromatic rings. The molecule has 14 heavy (non-hydrogen) atoms. The van der Waals surface area contributed by atoms with Crippen LogP contribution in [-0.4, -0.2) is 39.3 Å². The SMILES string of the molecule is O=Cc1ccnc(C(O)C(O)CO)c1. The number of carbonyl (C=O) groups excluding carboxylic acids is 1. The van der Waals surface area contributed by atoms with Crippen molar-refractivity contribution < 1.29 is 20.1 Å². The minimum atomic E-state index is -1.29. The number of hydrogen-bond donors (Lipinski definition) is 3. The van der Waals surface area contributed by atoms with Crippen molar-refractivity contribution in [1.29, 1.82) is 0 Å². The molecule has 0 saturated carbocycles.